The summed E-state index contributed by atoms with van der Waals surface area (Å²) in [5.74, 6) is 1.79. The van der Waals surface area contributed by atoms with Crippen LogP contribution in [0, 0.1) is 0 Å². The Kier molecular flexibility index (Phi) is 6.54. The van der Waals surface area contributed by atoms with Crippen LogP contribution in [0.2, 0.25) is 5.02 Å². The van der Waals surface area contributed by atoms with E-state index < -0.39 is 0 Å². The fourth-order valence-electron chi connectivity index (χ4n) is 4.12. The molecule has 0 spiro atoms. The molecular weight excluding hydrogens is 466 g/mol. The second-order valence-corrected chi connectivity index (χ2v) is 8.50. The van der Waals surface area contributed by atoms with Crippen LogP contribution in [0.5, 0.6) is 11.5 Å². The van der Waals surface area contributed by atoms with Crippen molar-refractivity contribution < 1.29 is 14.3 Å². The number of para-hydroxylation sites is 1. The van der Waals surface area contributed by atoms with Gasteiger partial charge in [0.25, 0.3) is 11.9 Å². The van der Waals surface area contributed by atoms with E-state index in [4.69, 9.17) is 21.1 Å². The second kappa shape index (κ2) is 10.1. The molecule has 1 amide bonds. The third-order valence-corrected chi connectivity index (χ3v) is 6.18. The quantitative estimate of drug-likeness (QED) is 0.375. The Morgan fingerprint density at radius 3 is 2.54 bits per heavy atom. The molecule has 0 saturated heterocycles. The number of hydrogen-bond donors (Lipinski definition) is 2. The van der Waals surface area contributed by atoms with Crippen molar-refractivity contribution in [2.45, 2.75) is 18.5 Å². The minimum absolute atomic E-state index is 0.0381. The molecule has 0 saturated carbocycles. The van der Waals surface area contributed by atoms with Crippen molar-refractivity contribution in [1.82, 2.24) is 14.8 Å². The van der Waals surface area contributed by atoms with Gasteiger partial charge in [0.2, 0.25) is 5.95 Å². The van der Waals surface area contributed by atoms with Crippen LogP contribution < -0.4 is 20.1 Å². The molecule has 1 aromatic heterocycles. The molecule has 2 N–H and O–H groups in total. The van der Waals surface area contributed by atoms with E-state index >= 15 is 0 Å². The fraction of sp³-hybridized carbons (Fsp3) is 0.192. The van der Waals surface area contributed by atoms with E-state index in [0.717, 1.165) is 16.9 Å². The molecule has 4 aromatic rings. The maximum absolute atomic E-state index is 12.5. The van der Waals surface area contributed by atoms with E-state index in [1.54, 1.807) is 23.9 Å². The predicted molar refractivity (Wildman–Crippen MR) is 134 cm³/mol. The zero-order valence-corrected chi connectivity index (χ0v) is 19.8. The number of halogens is 1. The number of ether oxygens (including phenoxy) is 2. The summed E-state index contributed by atoms with van der Waals surface area (Å²) >= 11 is 6.56. The summed E-state index contributed by atoms with van der Waals surface area (Å²) in [6.45, 7) is -0.149. The van der Waals surface area contributed by atoms with Crippen molar-refractivity contribution in [3.05, 3.63) is 95.0 Å². The number of carbonyl (C=O) groups excluding carboxylic acids is 1. The number of aromatic nitrogens is 3. The molecule has 0 aliphatic carbocycles. The van der Waals surface area contributed by atoms with Gasteiger partial charge < -0.3 is 14.8 Å². The lowest BCUT2D eigenvalue weighted by Gasteiger charge is -2.32. The molecule has 1 aliphatic rings. The van der Waals surface area contributed by atoms with Gasteiger partial charge in [0.1, 0.15) is 11.5 Å². The number of methoxy groups -OCH3 is 1. The van der Waals surface area contributed by atoms with Crippen molar-refractivity contribution in [2.75, 3.05) is 24.4 Å². The lowest BCUT2D eigenvalue weighted by atomic mass is 9.93. The van der Waals surface area contributed by atoms with Gasteiger partial charge >= 0.3 is 0 Å². The number of amides is 1. The predicted octanol–water partition coefficient (Wildman–Crippen LogP) is 5.10. The molecule has 1 aliphatic heterocycles. The van der Waals surface area contributed by atoms with Crippen LogP contribution in [-0.2, 0) is 4.79 Å². The molecule has 0 radical (unpaired) electrons. The van der Waals surface area contributed by atoms with Crippen molar-refractivity contribution in [3.63, 3.8) is 0 Å². The molecule has 8 nitrogen and oxygen atoms in total. The minimum atomic E-state index is -0.349. The van der Waals surface area contributed by atoms with Gasteiger partial charge in [0.15, 0.2) is 6.61 Å². The third-order valence-electron chi connectivity index (χ3n) is 5.84. The molecule has 2 atom stereocenters. The smallest absolute Gasteiger partial charge is 0.264 e. The number of rotatable bonds is 7. The normalized spacial score (nSPS) is 16.6. The Hall–Kier alpha value is -4.04. The van der Waals surface area contributed by atoms with Gasteiger partial charge in [-0.1, -0.05) is 60.1 Å². The van der Waals surface area contributed by atoms with Crippen LogP contribution in [0.1, 0.15) is 29.6 Å². The van der Waals surface area contributed by atoms with Crippen molar-refractivity contribution >= 4 is 29.4 Å². The highest BCUT2D eigenvalue weighted by molar-refractivity contribution is 6.31. The maximum Gasteiger partial charge on any atom is 0.264 e. The van der Waals surface area contributed by atoms with Crippen LogP contribution in [0.4, 0.5) is 11.9 Å². The van der Waals surface area contributed by atoms with Crippen LogP contribution in [0.3, 0.4) is 0 Å². The van der Waals surface area contributed by atoms with Crippen LogP contribution >= 0.6 is 11.6 Å². The van der Waals surface area contributed by atoms with E-state index in [1.807, 2.05) is 66.7 Å². The van der Waals surface area contributed by atoms with Gasteiger partial charge in [-0.3, -0.25) is 10.1 Å². The number of anilines is 2. The SMILES string of the molecule is COc1ccc([C@@H]2C[C@@H](c3ccccc3Cl)n3nc(NC(=O)COc4ccccc4)nc3N2)cc1. The Morgan fingerprint density at radius 2 is 1.80 bits per heavy atom. The van der Waals surface area contributed by atoms with Crippen LogP contribution in [-0.4, -0.2) is 34.4 Å². The summed E-state index contributed by atoms with van der Waals surface area (Å²) in [6, 6.07) is 24.5. The molecule has 178 valence electrons. The molecule has 9 heteroatoms. The Morgan fingerprint density at radius 1 is 1.06 bits per heavy atom. The van der Waals surface area contributed by atoms with E-state index in [0.29, 0.717) is 23.1 Å². The Bertz CT molecular complexity index is 1310. The average molecular weight is 490 g/mol. The first-order valence-corrected chi connectivity index (χ1v) is 11.6. The Balaban J connectivity index is 1.39. The summed E-state index contributed by atoms with van der Waals surface area (Å²) in [5, 5.41) is 11.4. The highest BCUT2D eigenvalue weighted by atomic mass is 35.5. The van der Waals surface area contributed by atoms with Gasteiger partial charge in [-0.05, 0) is 47.9 Å². The number of fused-ring (bicyclic) bond motifs is 1. The molecule has 0 unspecified atom stereocenters. The summed E-state index contributed by atoms with van der Waals surface area (Å²) in [6.07, 6.45) is 0.691. The molecule has 3 aromatic carbocycles. The number of benzene rings is 3. The van der Waals surface area contributed by atoms with Gasteiger partial charge in [0.05, 0.1) is 19.2 Å². The summed E-state index contributed by atoms with van der Waals surface area (Å²) in [5.41, 5.74) is 2.02. The number of nitrogens with one attached hydrogen (secondary N) is 2. The first kappa shape index (κ1) is 22.7. The standard InChI is InChI=1S/C26H24ClN5O3/c1-34-18-13-11-17(12-14-18)22-15-23(20-9-5-6-10-21(20)27)32-26(28-22)30-25(31-32)29-24(33)16-35-19-7-3-2-4-8-19/h2-14,22-23H,15-16H2,1H3,(H2,28,29,30,31,33)/t22-,23-/m0/s1. The van der Waals surface area contributed by atoms with Crippen molar-refractivity contribution in [3.8, 4) is 11.5 Å². The van der Waals surface area contributed by atoms with Gasteiger partial charge in [0, 0.05) is 5.02 Å². The van der Waals surface area contributed by atoms with Crippen molar-refractivity contribution in [1.29, 1.82) is 0 Å². The van der Waals surface area contributed by atoms with E-state index in [9.17, 15) is 4.79 Å². The van der Waals surface area contributed by atoms with E-state index in [2.05, 4.69) is 20.7 Å². The summed E-state index contributed by atoms with van der Waals surface area (Å²) < 4.78 is 12.6. The fourth-order valence-corrected chi connectivity index (χ4v) is 4.38. The molecule has 2 heterocycles. The number of hydrogen-bond acceptors (Lipinski definition) is 6. The van der Waals surface area contributed by atoms with Gasteiger partial charge in [-0.25, -0.2) is 4.68 Å². The average Bonchev–Trinajstić information content (AvgIpc) is 3.30. The second-order valence-electron chi connectivity index (χ2n) is 8.10. The largest absolute Gasteiger partial charge is 0.497 e. The van der Waals surface area contributed by atoms with E-state index in [-0.39, 0.29) is 30.5 Å². The number of carbonyl (C=O) groups is 1. The van der Waals surface area contributed by atoms with Crippen molar-refractivity contribution in [2.24, 2.45) is 0 Å². The summed E-state index contributed by atoms with van der Waals surface area (Å²) in [4.78, 5) is 17.0. The highest BCUT2D eigenvalue weighted by Gasteiger charge is 2.32. The lowest BCUT2D eigenvalue weighted by molar-refractivity contribution is -0.118. The molecule has 5 rings (SSSR count). The van der Waals surface area contributed by atoms with E-state index in [1.165, 1.54) is 0 Å². The Labute approximate surface area is 207 Å². The summed E-state index contributed by atoms with van der Waals surface area (Å²) in [7, 11) is 1.64. The van der Waals surface area contributed by atoms with Gasteiger partial charge in [-0.2, -0.15) is 4.98 Å². The first-order chi connectivity index (χ1) is 17.1. The maximum atomic E-state index is 12.5. The third kappa shape index (κ3) is 5.07. The van der Waals surface area contributed by atoms with Gasteiger partial charge in [-0.15, -0.1) is 5.10 Å². The monoisotopic (exact) mass is 489 g/mol. The lowest BCUT2D eigenvalue weighted by Crippen LogP contribution is -2.28. The number of nitrogens with zero attached hydrogens (tertiary/aromatic N) is 3. The molecule has 35 heavy (non-hydrogen) atoms. The van der Waals surface area contributed by atoms with Crippen LogP contribution in [0.15, 0.2) is 78.9 Å². The molecule has 0 bridgehead atoms. The topological polar surface area (TPSA) is 90.3 Å². The molecular formula is C26H24ClN5O3. The minimum Gasteiger partial charge on any atom is -0.497 e. The highest BCUT2D eigenvalue weighted by Crippen LogP contribution is 2.40. The first-order valence-electron chi connectivity index (χ1n) is 11.2. The molecule has 0 fully saturated rings. The van der Waals surface area contributed by atoms with Crippen LogP contribution in [0.25, 0.3) is 0 Å². The zero-order chi connectivity index (χ0) is 24.2. The zero-order valence-electron chi connectivity index (χ0n) is 19.0.